The summed E-state index contributed by atoms with van der Waals surface area (Å²) >= 11 is 0. The normalized spacial score (nSPS) is 24.1. The Kier molecular flexibility index (Phi) is 22.4. The first-order valence-corrected chi connectivity index (χ1v) is 25.7. The second kappa shape index (κ2) is 27.6. The summed E-state index contributed by atoms with van der Waals surface area (Å²) in [4.78, 5) is 125. The standard InChI is InChI=1S/C56H80N6O12/c1-34(2)26-43-53(67)71-39(10)50(64)59(12)46(29-37(7)8)56(70)74-48(31-41-20-22-42(23-21-41)32-62-25-24-57-33-62)52(66)61(14)44(27-35(3)4)54(68)72-38(9)49(63)58(11)45(28-36(5)6)55(69)73-47(51(65)60(43)13)30-40-18-16-15-17-19-40/h15-25,33-39,43-48H,26-32H2,1-14H3/t38-,39-,43+,44+,45+,46+,47-,48-/m1/s1. The van der Waals surface area contributed by atoms with Gasteiger partial charge in [0, 0.05) is 60.0 Å². The predicted octanol–water partition coefficient (Wildman–Crippen LogP) is 5.91. The largest absolute Gasteiger partial charge is 0.451 e. The molecule has 0 saturated carbocycles. The molecule has 1 aliphatic rings. The first kappa shape index (κ1) is 60.0. The summed E-state index contributed by atoms with van der Waals surface area (Å²) in [6.07, 6.45) is -0.536. The van der Waals surface area contributed by atoms with Gasteiger partial charge in [0.25, 0.3) is 23.6 Å². The van der Waals surface area contributed by atoms with E-state index in [2.05, 4.69) is 4.98 Å². The van der Waals surface area contributed by atoms with Crippen molar-refractivity contribution in [2.24, 2.45) is 23.7 Å². The molecule has 3 aromatic rings. The first-order chi connectivity index (χ1) is 34.8. The van der Waals surface area contributed by atoms with Crippen LogP contribution >= 0.6 is 0 Å². The van der Waals surface area contributed by atoms with E-state index in [1.54, 1.807) is 42.9 Å². The van der Waals surface area contributed by atoms with Gasteiger partial charge in [-0.05, 0) is 79.9 Å². The van der Waals surface area contributed by atoms with Crippen molar-refractivity contribution >= 4 is 47.5 Å². The molecule has 1 aromatic heterocycles. The van der Waals surface area contributed by atoms with Gasteiger partial charge < -0.3 is 43.1 Å². The van der Waals surface area contributed by atoms with Crippen molar-refractivity contribution in [3.8, 4) is 0 Å². The third-order valence-electron chi connectivity index (χ3n) is 13.1. The maximum absolute atomic E-state index is 14.9. The molecule has 0 unspecified atom stereocenters. The predicted molar refractivity (Wildman–Crippen MR) is 277 cm³/mol. The molecule has 4 amide bonds. The number of aromatic nitrogens is 2. The lowest BCUT2D eigenvalue weighted by molar-refractivity contribution is -0.176. The summed E-state index contributed by atoms with van der Waals surface area (Å²) < 4.78 is 25.9. The van der Waals surface area contributed by atoms with E-state index in [-0.39, 0.29) is 62.2 Å². The monoisotopic (exact) mass is 1030 g/mol. The summed E-state index contributed by atoms with van der Waals surface area (Å²) in [5.74, 6) is -7.26. The quantitative estimate of drug-likeness (QED) is 0.136. The molecule has 1 fully saturated rings. The minimum absolute atomic E-state index is 0.0874. The van der Waals surface area contributed by atoms with Gasteiger partial charge >= 0.3 is 23.9 Å². The number of carbonyl (C=O) groups is 8. The second-order valence-corrected chi connectivity index (χ2v) is 21.3. The Hall–Kier alpha value is -6.59. The number of nitrogens with zero attached hydrogens (tertiary/aromatic N) is 6. The number of benzene rings is 2. The molecule has 0 N–H and O–H groups in total. The average Bonchev–Trinajstić information content (AvgIpc) is 3.86. The molecule has 18 nitrogen and oxygen atoms in total. The van der Waals surface area contributed by atoms with E-state index in [0.29, 0.717) is 17.7 Å². The molecule has 2 heterocycles. The summed E-state index contributed by atoms with van der Waals surface area (Å²) in [5.41, 5.74) is 2.21. The zero-order chi connectivity index (χ0) is 55.1. The number of cyclic esters (lactones) is 4. The number of hydrogen-bond donors (Lipinski definition) is 0. The molecule has 4 rings (SSSR count). The van der Waals surface area contributed by atoms with E-state index in [4.69, 9.17) is 18.9 Å². The van der Waals surface area contributed by atoms with Gasteiger partial charge in [0.05, 0.1) is 6.33 Å². The fraction of sp³-hybridized carbons (Fsp3) is 0.589. The number of hydrogen-bond acceptors (Lipinski definition) is 13. The molecule has 8 atom stereocenters. The van der Waals surface area contributed by atoms with Crippen LogP contribution in [0.15, 0.2) is 73.3 Å². The van der Waals surface area contributed by atoms with E-state index in [0.717, 1.165) is 25.2 Å². The zero-order valence-corrected chi connectivity index (χ0v) is 45.9. The Morgan fingerprint density at radius 3 is 1.11 bits per heavy atom. The highest BCUT2D eigenvalue weighted by Gasteiger charge is 2.43. The third-order valence-corrected chi connectivity index (χ3v) is 13.1. The van der Waals surface area contributed by atoms with Gasteiger partial charge in [-0.3, -0.25) is 19.2 Å². The van der Waals surface area contributed by atoms with E-state index in [1.807, 2.05) is 90.4 Å². The van der Waals surface area contributed by atoms with Crippen LogP contribution in [0.3, 0.4) is 0 Å². The van der Waals surface area contributed by atoms with Gasteiger partial charge in [0.15, 0.2) is 24.4 Å². The minimum Gasteiger partial charge on any atom is -0.451 e. The van der Waals surface area contributed by atoms with Crippen molar-refractivity contribution < 1.29 is 57.3 Å². The van der Waals surface area contributed by atoms with E-state index >= 15 is 0 Å². The summed E-state index contributed by atoms with van der Waals surface area (Å²) in [5, 5.41) is 0. The van der Waals surface area contributed by atoms with E-state index in [1.165, 1.54) is 42.0 Å². The van der Waals surface area contributed by atoms with Gasteiger partial charge in [-0.25, -0.2) is 24.2 Å². The maximum atomic E-state index is 14.9. The van der Waals surface area contributed by atoms with Gasteiger partial charge in [-0.1, -0.05) is 110 Å². The Morgan fingerprint density at radius 1 is 0.446 bits per heavy atom. The SMILES string of the molecule is CC(C)C[C@H]1C(=O)O[C@H](Cc2ccc(Cn3ccnc3)cc2)C(=O)N(C)[C@@H](CC(C)C)C(=O)O[C@H](C)C(=O)N(C)[C@@H](CC(C)C)C(=O)O[C@H](Cc2ccccc2)C(=O)N(C)[C@@H](CC(C)C)C(=O)O[C@H](C)C(=O)N1C. The van der Waals surface area contributed by atoms with Crippen LogP contribution in [0.4, 0.5) is 0 Å². The Labute approximate surface area is 437 Å². The van der Waals surface area contributed by atoms with Crippen molar-refractivity contribution in [1.82, 2.24) is 29.2 Å². The van der Waals surface area contributed by atoms with Crippen LogP contribution in [-0.4, -0.2) is 153 Å². The van der Waals surface area contributed by atoms with Gasteiger partial charge in [-0.15, -0.1) is 0 Å². The number of imidazole rings is 1. The average molecular weight is 1030 g/mol. The molecule has 2 aromatic carbocycles. The number of amides is 4. The Morgan fingerprint density at radius 2 is 0.770 bits per heavy atom. The molecule has 406 valence electrons. The van der Waals surface area contributed by atoms with Crippen molar-refractivity contribution in [3.05, 3.63) is 90.0 Å². The fourth-order valence-electron chi connectivity index (χ4n) is 8.89. The second-order valence-electron chi connectivity index (χ2n) is 21.3. The lowest BCUT2D eigenvalue weighted by Crippen LogP contribution is -2.55. The number of carbonyl (C=O) groups excluding carboxylic acids is 8. The molecule has 18 heteroatoms. The van der Waals surface area contributed by atoms with Crippen molar-refractivity contribution in [2.75, 3.05) is 28.2 Å². The first-order valence-electron chi connectivity index (χ1n) is 25.7. The molecule has 0 spiro atoms. The lowest BCUT2D eigenvalue weighted by Gasteiger charge is -2.35. The highest BCUT2D eigenvalue weighted by molar-refractivity contribution is 5.94. The van der Waals surface area contributed by atoms with Crippen LogP contribution in [0.5, 0.6) is 0 Å². The maximum Gasteiger partial charge on any atom is 0.329 e. The van der Waals surface area contributed by atoms with Gasteiger partial charge in [0.2, 0.25) is 0 Å². The molecule has 0 aliphatic carbocycles. The van der Waals surface area contributed by atoms with E-state index in [9.17, 15) is 38.4 Å². The van der Waals surface area contributed by atoms with Gasteiger partial charge in [0.1, 0.15) is 24.2 Å². The minimum atomic E-state index is -1.52. The molecular formula is C56H80N6O12. The van der Waals surface area contributed by atoms with E-state index < -0.39 is 96.1 Å². The highest BCUT2D eigenvalue weighted by atomic mass is 16.6. The fourth-order valence-corrected chi connectivity index (χ4v) is 8.89. The summed E-state index contributed by atoms with van der Waals surface area (Å²) in [6.45, 7) is 18.1. The molecule has 1 aliphatic heterocycles. The molecule has 0 radical (unpaired) electrons. The Bertz CT molecular complexity index is 2340. The summed E-state index contributed by atoms with van der Waals surface area (Å²) in [6, 6.07) is 11.2. The molecule has 1 saturated heterocycles. The smallest absolute Gasteiger partial charge is 0.329 e. The third kappa shape index (κ3) is 17.0. The molecule has 0 bridgehead atoms. The van der Waals surface area contributed by atoms with Crippen LogP contribution in [0.1, 0.15) is 112 Å². The van der Waals surface area contributed by atoms with Crippen LogP contribution in [0.2, 0.25) is 0 Å². The molecule has 74 heavy (non-hydrogen) atoms. The van der Waals surface area contributed by atoms with Crippen molar-refractivity contribution in [3.63, 3.8) is 0 Å². The zero-order valence-electron chi connectivity index (χ0n) is 45.9. The van der Waals surface area contributed by atoms with Crippen molar-refractivity contribution in [1.29, 1.82) is 0 Å². The van der Waals surface area contributed by atoms with Crippen molar-refractivity contribution in [2.45, 2.75) is 163 Å². The number of rotatable bonds is 14. The number of esters is 4. The van der Waals surface area contributed by atoms with Crippen LogP contribution in [-0.2, 0) is 76.7 Å². The highest BCUT2D eigenvalue weighted by Crippen LogP contribution is 2.24. The lowest BCUT2D eigenvalue weighted by atomic mass is 9.99. The van der Waals surface area contributed by atoms with Gasteiger partial charge in [-0.2, -0.15) is 0 Å². The number of likely N-dealkylation sites (N-methyl/N-ethyl adjacent to an activating group) is 4. The van der Waals surface area contributed by atoms with Crippen LogP contribution < -0.4 is 0 Å². The topological polar surface area (TPSA) is 204 Å². The Balaban J connectivity index is 1.85. The van der Waals surface area contributed by atoms with Crippen LogP contribution in [0.25, 0.3) is 0 Å². The summed E-state index contributed by atoms with van der Waals surface area (Å²) in [7, 11) is 5.57. The molecular weight excluding hydrogens is 949 g/mol. The van der Waals surface area contributed by atoms with Crippen LogP contribution in [0, 0.1) is 23.7 Å². The number of ether oxygens (including phenoxy) is 4.